The first-order valence-corrected chi connectivity index (χ1v) is 8.27. The molecule has 5 nitrogen and oxygen atoms in total. The minimum atomic E-state index is -0.826. The van der Waals surface area contributed by atoms with Gasteiger partial charge in [0.2, 0.25) is 5.91 Å². The number of nitriles is 1. The highest BCUT2D eigenvalue weighted by Gasteiger charge is 2.37. The van der Waals surface area contributed by atoms with Crippen molar-refractivity contribution in [3.05, 3.63) is 35.4 Å². The third kappa shape index (κ3) is 3.80. The predicted molar refractivity (Wildman–Crippen MR) is 84.2 cm³/mol. The van der Waals surface area contributed by atoms with Gasteiger partial charge in [0.05, 0.1) is 23.3 Å². The Morgan fingerprint density at radius 3 is 2.64 bits per heavy atom. The minimum absolute atomic E-state index is 0.00473. The van der Waals surface area contributed by atoms with Crippen LogP contribution < -0.4 is 0 Å². The lowest BCUT2D eigenvalue weighted by atomic mass is 10.0. The zero-order chi connectivity index (χ0) is 16.1. The number of carbonyl (C=O) groups is 2. The monoisotopic (exact) mass is 318 g/mol. The van der Waals surface area contributed by atoms with E-state index in [0.29, 0.717) is 30.0 Å². The predicted octanol–water partition coefficient (Wildman–Crippen LogP) is 2.11. The zero-order valence-corrected chi connectivity index (χ0v) is 13.2. The molecule has 116 valence electrons. The molecule has 2 unspecified atom stereocenters. The summed E-state index contributed by atoms with van der Waals surface area (Å²) in [6.45, 7) is 2.32. The Morgan fingerprint density at radius 1 is 1.41 bits per heavy atom. The maximum Gasteiger partial charge on any atom is 0.308 e. The Morgan fingerprint density at radius 2 is 2.09 bits per heavy atom. The molecular weight excluding hydrogens is 300 g/mol. The summed E-state index contributed by atoms with van der Waals surface area (Å²) in [7, 11) is 0. The van der Waals surface area contributed by atoms with Crippen LogP contribution in [-0.2, 0) is 15.3 Å². The van der Waals surface area contributed by atoms with E-state index in [-0.39, 0.29) is 11.9 Å². The molecule has 2 rings (SSSR count). The minimum Gasteiger partial charge on any atom is -0.481 e. The first-order chi connectivity index (χ1) is 10.5. The van der Waals surface area contributed by atoms with Crippen molar-refractivity contribution < 1.29 is 14.7 Å². The topological polar surface area (TPSA) is 81.4 Å². The van der Waals surface area contributed by atoms with Crippen LogP contribution in [0.5, 0.6) is 0 Å². The van der Waals surface area contributed by atoms with Crippen LogP contribution in [0.2, 0.25) is 0 Å². The Hall–Kier alpha value is -2.00. The van der Waals surface area contributed by atoms with Gasteiger partial charge in [-0.1, -0.05) is 12.1 Å². The van der Waals surface area contributed by atoms with Gasteiger partial charge >= 0.3 is 5.97 Å². The van der Waals surface area contributed by atoms with E-state index >= 15 is 0 Å². The Kier molecular flexibility index (Phi) is 5.45. The molecule has 1 aromatic rings. The normalized spacial score (nSPS) is 20.6. The van der Waals surface area contributed by atoms with Crippen molar-refractivity contribution in [1.82, 2.24) is 4.90 Å². The third-order valence-electron chi connectivity index (χ3n) is 3.97. The molecule has 0 spiro atoms. The number of benzene rings is 1. The highest BCUT2D eigenvalue weighted by atomic mass is 32.2. The molecule has 0 saturated carbocycles. The van der Waals surface area contributed by atoms with Gasteiger partial charge in [-0.05, 0) is 31.0 Å². The van der Waals surface area contributed by atoms with E-state index in [4.69, 9.17) is 10.4 Å². The molecule has 1 N–H and O–H groups in total. The van der Waals surface area contributed by atoms with E-state index < -0.39 is 11.9 Å². The summed E-state index contributed by atoms with van der Waals surface area (Å²) in [5.74, 6) is -0.242. The number of carbonyl (C=O) groups excluding carboxylic acids is 1. The fraction of sp³-hybridized carbons (Fsp3) is 0.438. The van der Waals surface area contributed by atoms with Crippen molar-refractivity contribution in [3.63, 3.8) is 0 Å². The molecular formula is C16H18N2O3S. The summed E-state index contributed by atoms with van der Waals surface area (Å²) >= 11 is 1.50. The number of hydrogen-bond donors (Lipinski definition) is 1. The van der Waals surface area contributed by atoms with Crippen LogP contribution in [0.25, 0.3) is 0 Å². The largest absolute Gasteiger partial charge is 0.481 e. The van der Waals surface area contributed by atoms with Crippen molar-refractivity contribution in [2.45, 2.75) is 25.1 Å². The Bertz CT molecular complexity index is 594. The van der Waals surface area contributed by atoms with E-state index in [1.165, 1.54) is 11.8 Å². The van der Waals surface area contributed by atoms with Gasteiger partial charge in [-0.3, -0.25) is 9.59 Å². The first-order valence-electron chi connectivity index (χ1n) is 7.12. The number of nitrogens with zero attached hydrogens (tertiary/aromatic N) is 2. The van der Waals surface area contributed by atoms with E-state index in [1.54, 1.807) is 24.0 Å². The standard InChI is InChI=1S/C16H18N2O3S/c1-11-14(16(20)21)6-7-18(11)15(19)10-22-9-13-4-2-12(8-17)3-5-13/h2-5,11,14H,6-7,9-10H2,1H3,(H,20,21). The van der Waals surface area contributed by atoms with Crippen LogP contribution in [-0.4, -0.2) is 40.2 Å². The van der Waals surface area contributed by atoms with Crippen LogP contribution in [0.1, 0.15) is 24.5 Å². The first kappa shape index (κ1) is 16.4. The summed E-state index contributed by atoms with van der Waals surface area (Å²) in [5, 5.41) is 17.8. The highest BCUT2D eigenvalue weighted by molar-refractivity contribution is 7.99. The van der Waals surface area contributed by atoms with E-state index in [0.717, 1.165) is 5.56 Å². The van der Waals surface area contributed by atoms with Crippen molar-refractivity contribution in [3.8, 4) is 6.07 Å². The maximum atomic E-state index is 12.2. The van der Waals surface area contributed by atoms with Gasteiger partial charge in [-0.2, -0.15) is 5.26 Å². The van der Waals surface area contributed by atoms with Gasteiger partial charge in [0, 0.05) is 18.3 Å². The van der Waals surface area contributed by atoms with Gasteiger partial charge in [0.25, 0.3) is 0 Å². The summed E-state index contributed by atoms with van der Waals surface area (Å²) < 4.78 is 0. The average Bonchev–Trinajstić information content (AvgIpc) is 2.90. The molecule has 22 heavy (non-hydrogen) atoms. The van der Waals surface area contributed by atoms with Gasteiger partial charge in [0.15, 0.2) is 0 Å². The molecule has 1 fully saturated rings. The summed E-state index contributed by atoms with van der Waals surface area (Å²) in [5.41, 5.74) is 1.69. The second kappa shape index (κ2) is 7.32. The Balaban J connectivity index is 1.80. The van der Waals surface area contributed by atoms with Gasteiger partial charge in [-0.15, -0.1) is 11.8 Å². The lowest BCUT2D eigenvalue weighted by molar-refractivity contribution is -0.142. The number of hydrogen-bond acceptors (Lipinski definition) is 4. The molecule has 0 bridgehead atoms. The molecule has 2 atom stereocenters. The molecule has 0 aromatic heterocycles. The summed E-state index contributed by atoms with van der Waals surface area (Å²) in [4.78, 5) is 24.9. The number of amides is 1. The molecule has 1 amide bonds. The average molecular weight is 318 g/mol. The molecule has 1 aliphatic rings. The van der Waals surface area contributed by atoms with E-state index in [1.807, 2.05) is 12.1 Å². The second-order valence-electron chi connectivity index (χ2n) is 5.36. The Labute approximate surface area is 133 Å². The molecule has 1 aliphatic heterocycles. The zero-order valence-electron chi connectivity index (χ0n) is 12.4. The van der Waals surface area contributed by atoms with Crippen molar-refractivity contribution in [2.24, 2.45) is 5.92 Å². The van der Waals surface area contributed by atoms with Gasteiger partial charge in [-0.25, -0.2) is 0 Å². The highest BCUT2D eigenvalue weighted by Crippen LogP contribution is 2.25. The molecule has 0 aliphatic carbocycles. The van der Waals surface area contributed by atoms with Crippen molar-refractivity contribution in [1.29, 1.82) is 5.26 Å². The number of thioether (sulfide) groups is 1. The third-order valence-corrected chi connectivity index (χ3v) is 4.96. The van der Waals surface area contributed by atoms with E-state index in [2.05, 4.69) is 6.07 Å². The second-order valence-corrected chi connectivity index (χ2v) is 6.35. The number of carboxylic acids is 1. The quantitative estimate of drug-likeness (QED) is 0.899. The molecule has 6 heteroatoms. The molecule has 0 radical (unpaired) electrons. The lowest BCUT2D eigenvalue weighted by Gasteiger charge is -2.23. The van der Waals surface area contributed by atoms with E-state index in [9.17, 15) is 9.59 Å². The van der Waals surface area contributed by atoms with Crippen LogP contribution in [0.4, 0.5) is 0 Å². The number of likely N-dealkylation sites (tertiary alicyclic amines) is 1. The molecule has 1 aromatic carbocycles. The van der Waals surface area contributed by atoms with Crippen LogP contribution in [0.15, 0.2) is 24.3 Å². The fourth-order valence-corrected chi connectivity index (χ4v) is 3.51. The van der Waals surface area contributed by atoms with Gasteiger partial charge < -0.3 is 10.0 Å². The number of aliphatic carboxylic acids is 1. The van der Waals surface area contributed by atoms with Crippen molar-refractivity contribution >= 4 is 23.6 Å². The lowest BCUT2D eigenvalue weighted by Crippen LogP contribution is -2.38. The van der Waals surface area contributed by atoms with Crippen LogP contribution in [0, 0.1) is 17.2 Å². The fourth-order valence-electron chi connectivity index (χ4n) is 2.64. The van der Waals surface area contributed by atoms with Crippen LogP contribution in [0.3, 0.4) is 0 Å². The molecule has 1 saturated heterocycles. The smallest absolute Gasteiger partial charge is 0.308 e. The van der Waals surface area contributed by atoms with Crippen molar-refractivity contribution in [2.75, 3.05) is 12.3 Å². The van der Waals surface area contributed by atoms with Crippen LogP contribution >= 0.6 is 11.8 Å². The summed E-state index contributed by atoms with van der Waals surface area (Å²) in [6.07, 6.45) is 0.530. The maximum absolute atomic E-state index is 12.2. The van der Waals surface area contributed by atoms with Gasteiger partial charge in [0.1, 0.15) is 0 Å². The number of rotatable bonds is 5. The number of carboxylic acid groups (broad SMARTS) is 1. The summed E-state index contributed by atoms with van der Waals surface area (Å²) in [6, 6.07) is 9.12. The molecule has 1 heterocycles. The SMILES string of the molecule is CC1C(C(=O)O)CCN1C(=O)CSCc1ccc(C#N)cc1.